The molecule has 0 saturated heterocycles. The van der Waals surface area contributed by atoms with E-state index in [1.165, 1.54) is 11.3 Å². The maximum Gasteiger partial charge on any atom is 0.356 e. The van der Waals surface area contributed by atoms with Crippen LogP contribution in [0.25, 0.3) is 10.4 Å². The van der Waals surface area contributed by atoms with Crippen LogP contribution in [0.4, 0.5) is 0 Å². The summed E-state index contributed by atoms with van der Waals surface area (Å²) >= 11 is 1.20. The highest BCUT2D eigenvalue weighted by atomic mass is 32.1. The zero-order valence-corrected chi connectivity index (χ0v) is 9.07. The van der Waals surface area contributed by atoms with E-state index in [1.54, 1.807) is 0 Å². The summed E-state index contributed by atoms with van der Waals surface area (Å²) in [6.45, 7) is -0.238. The lowest BCUT2D eigenvalue weighted by molar-refractivity contribution is 0.0692. The van der Waals surface area contributed by atoms with Crippen molar-refractivity contribution in [2.75, 3.05) is 0 Å². The molecule has 0 aliphatic rings. The summed E-state index contributed by atoms with van der Waals surface area (Å²) in [4.78, 5) is 15.4. The van der Waals surface area contributed by atoms with Gasteiger partial charge in [0.25, 0.3) is 0 Å². The Morgan fingerprint density at radius 1 is 1.31 bits per heavy atom. The van der Waals surface area contributed by atoms with E-state index in [4.69, 9.17) is 10.2 Å². The first-order chi connectivity index (χ1) is 7.72. The Labute approximate surface area is 95.8 Å². The van der Waals surface area contributed by atoms with Gasteiger partial charge in [0.15, 0.2) is 5.69 Å². The van der Waals surface area contributed by atoms with Crippen molar-refractivity contribution >= 4 is 17.3 Å². The first kappa shape index (κ1) is 10.8. The quantitative estimate of drug-likeness (QED) is 0.853. The van der Waals surface area contributed by atoms with Crippen LogP contribution in [0.1, 0.15) is 15.5 Å². The predicted molar refractivity (Wildman–Crippen MR) is 60.4 cm³/mol. The molecule has 1 heterocycles. The number of carboxylic acids is 1. The highest BCUT2D eigenvalue weighted by Gasteiger charge is 2.17. The van der Waals surface area contributed by atoms with Crippen molar-refractivity contribution < 1.29 is 15.0 Å². The van der Waals surface area contributed by atoms with Gasteiger partial charge in [0, 0.05) is 0 Å². The van der Waals surface area contributed by atoms with Crippen LogP contribution in [0.2, 0.25) is 0 Å². The number of carboxylic acid groups (broad SMARTS) is 1. The van der Waals surface area contributed by atoms with Gasteiger partial charge in [0.1, 0.15) is 5.01 Å². The second-order valence-electron chi connectivity index (χ2n) is 3.11. The van der Waals surface area contributed by atoms with Crippen LogP contribution in [0, 0.1) is 0 Å². The Kier molecular flexibility index (Phi) is 2.98. The Bertz CT molecular complexity index is 507. The molecular weight excluding hydrogens is 226 g/mol. The van der Waals surface area contributed by atoms with Gasteiger partial charge >= 0.3 is 5.97 Å². The van der Waals surface area contributed by atoms with Crippen molar-refractivity contribution in [3.05, 3.63) is 41.0 Å². The highest BCUT2D eigenvalue weighted by molar-refractivity contribution is 7.15. The molecule has 0 amide bonds. The lowest BCUT2D eigenvalue weighted by Crippen LogP contribution is -1.99. The number of nitrogens with zero attached hydrogens (tertiary/aromatic N) is 1. The monoisotopic (exact) mass is 235 g/mol. The normalized spacial score (nSPS) is 10.3. The number of carbonyl (C=O) groups is 1. The standard InChI is InChI=1S/C11H9NO3S/c13-6-8-12-9(11(14)15)10(16-8)7-4-2-1-3-5-7/h1-5,13H,6H2,(H,14,15). The second-order valence-corrected chi connectivity index (χ2v) is 4.20. The van der Waals surface area contributed by atoms with Crippen LogP contribution >= 0.6 is 11.3 Å². The number of aliphatic hydroxyl groups is 1. The summed E-state index contributed by atoms with van der Waals surface area (Å²) in [5.41, 5.74) is 0.803. The molecule has 2 rings (SSSR count). The molecule has 0 spiro atoms. The Balaban J connectivity index is 2.55. The zero-order valence-electron chi connectivity index (χ0n) is 8.25. The van der Waals surface area contributed by atoms with Crippen molar-refractivity contribution in [2.24, 2.45) is 0 Å². The van der Waals surface area contributed by atoms with Crippen LogP contribution in [-0.2, 0) is 6.61 Å². The first-order valence-corrected chi connectivity index (χ1v) is 5.43. The van der Waals surface area contributed by atoms with Crippen LogP contribution in [0.15, 0.2) is 30.3 Å². The average Bonchev–Trinajstić information content (AvgIpc) is 2.74. The van der Waals surface area contributed by atoms with E-state index in [2.05, 4.69) is 4.98 Å². The van der Waals surface area contributed by atoms with Crippen LogP contribution in [-0.4, -0.2) is 21.2 Å². The predicted octanol–water partition coefficient (Wildman–Crippen LogP) is 2.00. The topological polar surface area (TPSA) is 70.4 Å². The fourth-order valence-electron chi connectivity index (χ4n) is 1.36. The van der Waals surface area contributed by atoms with Crippen molar-refractivity contribution in [2.45, 2.75) is 6.61 Å². The Morgan fingerprint density at radius 2 is 2.00 bits per heavy atom. The summed E-state index contributed by atoms with van der Waals surface area (Å²) in [5.74, 6) is -1.07. The van der Waals surface area contributed by atoms with Gasteiger partial charge in [-0.05, 0) is 5.56 Å². The number of thiazole rings is 1. The number of aromatic carboxylic acids is 1. The minimum Gasteiger partial charge on any atom is -0.476 e. The van der Waals surface area contributed by atoms with Gasteiger partial charge < -0.3 is 10.2 Å². The van der Waals surface area contributed by atoms with E-state index in [0.29, 0.717) is 9.88 Å². The molecule has 4 nitrogen and oxygen atoms in total. The molecule has 5 heteroatoms. The molecule has 0 unspecified atom stereocenters. The first-order valence-electron chi connectivity index (χ1n) is 4.61. The lowest BCUT2D eigenvalue weighted by Gasteiger charge is -1.97. The van der Waals surface area contributed by atoms with E-state index in [0.717, 1.165) is 5.56 Å². The molecule has 0 atom stereocenters. The van der Waals surface area contributed by atoms with E-state index < -0.39 is 5.97 Å². The molecule has 1 aromatic carbocycles. The minimum atomic E-state index is -1.07. The number of hydrogen-bond donors (Lipinski definition) is 2. The fourth-order valence-corrected chi connectivity index (χ4v) is 2.28. The van der Waals surface area contributed by atoms with Gasteiger partial charge in [-0.3, -0.25) is 0 Å². The van der Waals surface area contributed by atoms with E-state index in [1.807, 2.05) is 30.3 Å². The third-order valence-corrected chi connectivity index (χ3v) is 3.13. The largest absolute Gasteiger partial charge is 0.476 e. The summed E-state index contributed by atoms with van der Waals surface area (Å²) in [6.07, 6.45) is 0. The fraction of sp³-hybridized carbons (Fsp3) is 0.0909. The lowest BCUT2D eigenvalue weighted by atomic mass is 10.1. The van der Waals surface area contributed by atoms with Crippen molar-refractivity contribution in [3.63, 3.8) is 0 Å². The van der Waals surface area contributed by atoms with Crippen LogP contribution in [0.5, 0.6) is 0 Å². The van der Waals surface area contributed by atoms with Crippen molar-refractivity contribution in [1.82, 2.24) is 4.98 Å². The number of benzene rings is 1. The maximum atomic E-state index is 11.0. The molecule has 1 aromatic heterocycles. The molecule has 16 heavy (non-hydrogen) atoms. The molecule has 0 saturated carbocycles. The summed E-state index contributed by atoms with van der Waals surface area (Å²) in [6, 6.07) is 9.17. The van der Waals surface area contributed by atoms with Crippen LogP contribution < -0.4 is 0 Å². The highest BCUT2D eigenvalue weighted by Crippen LogP contribution is 2.30. The molecule has 2 aromatic rings. The molecule has 0 radical (unpaired) electrons. The van der Waals surface area contributed by atoms with Gasteiger partial charge in [-0.1, -0.05) is 30.3 Å². The summed E-state index contributed by atoms with van der Waals surface area (Å²) in [5, 5.41) is 18.4. The number of hydrogen-bond acceptors (Lipinski definition) is 4. The van der Waals surface area contributed by atoms with Gasteiger partial charge in [-0.2, -0.15) is 0 Å². The van der Waals surface area contributed by atoms with Gasteiger partial charge in [-0.25, -0.2) is 9.78 Å². The SMILES string of the molecule is O=C(O)c1nc(CO)sc1-c1ccccc1. The van der Waals surface area contributed by atoms with E-state index in [9.17, 15) is 4.79 Å². The molecule has 2 N–H and O–H groups in total. The Hall–Kier alpha value is -1.72. The van der Waals surface area contributed by atoms with E-state index in [-0.39, 0.29) is 12.3 Å². The van der Waals surface area contributed by atoms with Crippen LogP contribution in [0.3, 0.4) is 0 Å². The Morgan fingerprint density at radius 3 is 2.56 bits per heavy atom. The summed E-state index contributed by atoms with van der Waals surface area (Å²) < 4.78 is 0. The second kappa shape index (κ2) is 4.42. The van der Waals surface area contributed by atoms with Crippen molar-refractivity contribution in [3.8, 4) is 10.4 Å². The third kappa shape index (κ3) is 1.95. The third-order valence-electron chi connectivity index (χ3n) is 2.05. The van der Waals surface area contributed by atoms with Gasteiger partial charge in [0.2, 0.25) is 0 Å². The van der Waals surface area contributed by atoms with Crippen molar-refractivity contribution in [1.29, 1.82) is 0 Å². The van der Waals surface area contributed by atoms with Gasteiger partial charge in [-0.15, -0.1) is 11.3 Å². The smallest absolute Gasteiger partial charge is 0.356 e. The molecule has 0 bridgehead atoms. The number of aromatic nitrogens is 1. The molecule has 0 aliphatic carbocycles. The minimum absolute atomic E-state index is 0.000231. The zero-order chi connectivity index (χ0) is 11.5. The van der Waals surface area contributed by atoms with Gasteiger partial charge in [0.05, 0.1) is 11.5 Å². The molecular formula is C11H9NO3S. The average molecular weight is 235 g/mol. The van der Waals surface area contributed by atoms with E-state index >= 15 is 0 Å². The molecule has 0 aliphatic heterocycles. The maximum absolute atomic E-state index is 11.0. The number of rotatable bonds is 3. The molecule has 82 valence electrons. The molecule has 0 fully saturated rings. The number of aliphatic hydroxyl groups excluding tert-OH is 1. The summed E-state index contributed by atoms with van der Waals surface area (Å²) in [7, 11) is 0.